The molecule has 0 heterocycles. The maximum absolute atomic E-state index is 5.64. The van der Waals surface area contributed by atoms with Gasteiger partial charge in [0.15, 0.2) is 0 Å². The van der Waals surface area contributed by atoms with Crippen LogP contribution in [0.4, 0.5) is 0 Å². The largest absolute Gasteiger partial charge is 0.492 e. The molecule has 0 aliphatic rings. The van der Waals surface area contributed by atoms with E-state index in [9.17, 15) is 0 Å². The molecule has 0 amide bonds. The summed E-state index contributed by atoms with van der Waals surface area (Å²) in [6.07, 6.45) is 0. The molecule has 0 N–H and O–H groups in total. The average molecular weight is 258 g/mol. The molecule has 1 aromatic carbocycles. The lowest BCUT2D eigenvalue weighted by Crippen LogP contribution is -2.19. The molecule has 0 saturated heterocycles. The fraction of sp³-hybridized carbons (Fsp3) is 0.455. The zero-order valence-electron chi connectivity index (χ0n) is 8.88. The third-order valence-corrected chi connectivity index (χ3v) is 2.43. The van der Waals surface area contributed by atoms with Crippen LogP contribution in [0.15, 0.2) is 22.7 Å². The van der Waals surface area contributed by atoms with E-state index in [1.165, 1.54) is 0 Å². The molecule has 78 valence electrons. The minimum absolute atomic E-state index is 0.732. The van der Waals surface area contributed by atoms with Crippen molar-refractivity contribution in [3.8, 4) is 5.75 Å². The number of ether oxygens (including phenoxy) is 1. The van der Waals surface area contributed by atoms with Crippen molar-refractivity contribution in [3.63, 3.8) is 0 Å². The van der Waals surface area contributed by atoms with E-state index in [1.54, 1.807) is 0 Å². The second kappa shape index (κ2) is 5.37. The first-order valence-corrected chi connectivity index (χ1v) is 5.42. The molecular formula is C11H16BrNO. The van der Waals surface area contributed by atoms with Gasteiger partial charge in [-0.05, 0) is 44.8 Å². The predicted molar refractivity (Wildman–Crippen MR) is 62.9 cm³/mol. The Morgan fingerprint density at radius 1 is 1.36 bits per heavy atom. The molecule has 0 aliphatic carbocycles. The Labute approximate surface area is 94.0 Å². The lowest BCUT2D eigenvalue weighted by Gasteiger charge is -2.12. The van der Waals surface area contributed by atoms with Crippen molar-refractivity contribution < 1.29 is 4.74 Å². The Balaban J connectivity index is 2.51. The van der Waals surface area contributed by atoms with Gasteiger partial charge in [-0.2, -0.15) is 0 Å². The number of rotatable bonds is 4. The summed E-state index contributed by atoms with van der Waals surface area (Å²) < 4.78 is 6.73. The molecule has 0 saturated carbocycles. The molecule has 3 heteroatoms. The molecule has 0 atom stereocenters. The van der Waals surface area contributed by atoms with Crippen LogP contribution in [-0.4, -0.2) is 32.1 Å². The maximum Gasteiger partial charge on any atom is 0.122 e. The smallest absolute Gasteiger partial charge is 0.122 e. The molecule has 1 aromatic rings. The van der Waals surface area contributed by atoms with E-state index in [2.05, 4.69) is 33.8 Å². The SMILES string of the molecule is Cc1cc(Br)ccc1OCCN(C)C. The van der Waals surface area contributed by atoms with Gasteiger partial charge < -0.3 is 9.64 Å². The molecule has 0 radical (unpaired) electrons. The van der Waals surface area contributed by atoms with E-state index in [4.69, 9.17) is 4.74 Å². The summed E-state index contributed by atoms with van der Waals surface area (Å²) in [4.78, 5) is 2.11. The van der Waals surface area contributed by atoms with Crippen molar-refractivity contribution in [2.24, 2.45) is 0 Å². The van der Waals surface area contributed by atoms with Gasteiger partial charge in [-0.25, -0.2) is 0 Å². The average Bonchev–Trinajstić information content (AvgIpc) is 2.08. The zero-order chi connectivity index (χ0) is 10.6. The number of hydrogen-bond donors (Lipinski definition) is 0. The number of aryl methyl sites for hydroxylation is 1. The van der Waals surface area contributed by atoms with Gasteiger partial charge in [0.25, 0.3) is 0 Å². The molecule has 0 spiro atoms. The second-order valence-electron chi connectivity index (χ2n) is 3.56. The standard InChI is InChI=1S/C11H16BrNO/c1-9-8-10(12)4-5-11(9)14-7-6-13(2)3/h4-5,8H,6-7H2,1-3H3. The number of likely N-dealkylation sites (N-methyl/N-ethyl adjacent to an activating group) is 1. The molecule has 0 aliphatic heterocycles. The van der Waals surface area contributed by atoms with Crippen LogP contribution in [-0.2, 0) is 0 Å². The molecule has 0 aromatic heterocycles. The Morgan fingerprint density at radius 3 is 2.64 bits per heavy atom. The number of hydrogen-bond acceptors (Lipinski definition) is 2. The highest BCUT2D eigenvalue weighted by molar-refractivity contribution is 9.10. The monoisotopic (exact) mass is 257 g/mol. The fourth-order valence-electron chi connectivity index (χ4n) is 1.11. The normalized spacial score (nSPS) is 10.6. The molecule has 0 fully saturated rings. The minimum atomic E-state index is 0.732. The molecule has 14 heavy (non-hydrogen) atoms. The van der Waals surface area contributed by atoms with Crippen LogP contribution in [0.1, 0.15) is 5.56 Å². The summed E-state index contributed by atoms with van der Waals surface area (Å²) in [6.45, 7) is 3.72. The molecule has 1 rings (SSSR count). The quantitative estimate of drug-likeness (QED) is 0.823. The first kappa shape index (κ1) is 11.5. The Hall–Kier alpha value is -0.540. The topological polar surface area (TPSA) is 12.5 Å². The summed E-state index contributed by atoms with van der Waals surface area (Å²) in [5.74, 6) is 0.968. The van der Waals surface area contributed by atoms with Crippen LogP contribution in [0.2, 0.25) is 0 Å². The van der Waals surface area contributed by atoms with E-state index in [1.807, 2.05) is 26.2 Å². The van der Waals surface area contributed by atoms with Crippen LogP contribution in [0.5, 0.6) is 5.75 Å². The maximum atomic E-state index is 5.64. The third-order valence-electron chi connectivity index (χ3n) is 1.93. The molecular weight excluding hydrogens is 242 g/mol. The van der Waals surface area contributed by atoms with Gasteiger partial charge in [-0.1, -0.05) is 15.9 Å². The van der Waals surface area contributed by atoms with Crippen molar-refractivity contribution >= 4 is 15.9 Å². The Kier molecular flexibility index (Phi) is 4.42. The van der Waals surface area contributed by atoms with E-state index in [-0.39, 0.29) is 0 Å². The number of halogens is 1. The highest BCUT2D eigenvalue weighted by Crippen LogP contribution is 2.21. The Bertz CT molecular complexity index is 299. The van der Waals surface area contributed by atoms with E-state index >= 15 is 0 Å². The van der Waals surface area contributed by atoms with Gasteiger partial charge in [0.05, 0.1) is 0 Å². The van der Waals surface area contributed by atoms with Crippen molar-refractivity contribution in [1.82, 2.24) is 4.90 Å². The van der Waals surface area contributed by atoms with Crippen molar-refractivity contribution in [2.45, 2.75) is 6.92 Å². The van der Waals surface area contributed by atoms with Gasteiger partial charge in [0.1, 0.15) is 12.4 Å². The highest BCUT2D eigenvalue weighted by Gasteiger charge is 1.99. The Morgan fingerprint density at radius 2 is 2.07 bits per heavy atom. The van der Waals surface area contributed by atoms with Gasteiger partial charge in [-0.15, -0.1) is 0 Å². The van der Waals surface area contributed by atoms with Crippen LogP contribution < -0.4 is 4.74 Å². The van der Waals surface area contributed by atoms with Crippen LogP contribution in [0.25, 0.3) is 0 Å². The lowest BCUT2D eigenvalue weighted by molar-refractivity contribution is 0.260. The summed E-state index contributed by atoms with van der Waals surface area (Å²) >= 11 is 3.42. The van der Waals surface area contributed by atoms with E-state index in [0.717, 1.165) is 28.9 Å². The van der Waals surface area contributed by atoms with E-state index in [0.29, 0.717) is 0 Å². The predicted octanol–water partition coefficient (Wildman–Crippen LogP) is 2.70. The minimum Gasteiger partial charge on any atom is -0.492 e. The summed E-state index contributed by atoms with van der Waals surface area (Å²) in [7, 11) is 4.08. The summed E-state index contributed by atoms with van der Waals surface area (Å²) in [5, 5.41) is 0. The lowest BCUT2D eigenvalue weighted by atomic mass is 10.2. The zero-order valence-corrected chi connectivity index (χ0v) is 10.5. The van der Waals surface area contributed by atoms with Crippen LogP contribution >= 0.6 is 15.9 Å². The third kappa shape index (κ3) is 3.68. The van der Waals surface area contributed by atoms with Gasteiger partial charge in [0, 0.05) is 11.0 Å². The fourth-order valence-corrected chi connectivity index (χ4v) is 1.59. The van der Waals surface area contributed by atoms with E-state index < -0.39 is 0 Å². The second-order valence-corrected chi connectivity index (χ2v) is 4.48. The van der Waals surface area contributed by atoms with Crippen LogP contribution in [0.3, 0.4) is 0 Å². The van der Waals surface area contributed by atoms with Gasteiger partial charge >= 0.3 is 0 Å². The van der Waals surface area contributed by atoms with Crippen molar-refractivity contribution in [3.05, 3.63) is 28.2 Å². The molecule has 2 nitrogen and oxygen atoms in total. The number of nitrogens with zero attached hydrogens (tertiary/aromatic N) is 1. The van der Waals surface area contributed by atoms with Gasteiger partial charge in [0.2, 0.25) is 0 Å². The van der Waals surface area contributed by atoms with Crippen molar-refractivity contribution in [1.29, 1.82) is 0 Å². The summed E-state index contributed by atoms with van der Waals surface area (Å²) in [5.41, 5.74) is 1.16. The first-order valence-electron chi connectivity index (χ1n) is 4.63. The number of benzene rings is 1. The summed E-state index contributed by atoms with van der Waals surface area (Å²) in [6, 6.07) is 6.05. The molecule has 0 unspecified atom stereocenters. The highest BCUT2D eigenvalue weighted by atomic mass is 79.9. The van der Waals surface area contributed by atoms with Gasteiger partial charge in [-0.3, -0.25) is 0 Å². The first-order chi connectivity index (χ1) is 6.59. The van der Waals surface area contributed by atoms with Crippen molar-refractivity contribution in [2.75, 3.05) is 27.2 Å². The van der Waals surface area contributed by atoms with Crippen LogP contribution in [0, 0.1) is 6.92 Å². The molecule has 0 bridgehead atoms.